The molecule has 0 atom stereocenters. The zero-order chi connectivity index (χ0) is 13.1. The lowest BCUT2D eigenvalue weighted by Gasteiger charge is -2.06. The zero-order valence-electron chi connectivity index (χ0n) is 10.6. The van der Waals surface area contributed by atoms with E-state index in [2.05, 4.69) is 46.4 Å². The molecule has 0 fully saturated rings. The molecule has 2 aromatic carbocycles. The van der Waals surface area contributed by atoms with Gasteiger partial charge in [-0.1, -0.05) is 60.2 Å². The smallest absolute Gasteiger partial charge is 0.138 e. The molecule has 0 aliphatic heterocycles. The summed E-state index contributed by atoms with van der Waals surface area (Å²) in [5, 5.41) is 8.14. The Labute approximate surface area is 112 Å². The van der Waals surface area contributed by atoms with Gasteiger partial charge in [0, 0.05) is 11.1 Å². The Bertz CT molecular complexity index is 676. The lowest BCUT2D eigenvalue weighted by molar-refractivity contribution is 0.981. The monoisotopic (exact) mass is 247 g/mol. The summed E-state index contributed by atoms with van der Waals surface area (Å²) < 4.78 is 0. The molecule has 3 rings (SSSR count). The first-order chi connectivity index (χ1) is 9.34. The number of rotatable bonds is 2. The van der Waals surface area contributed by atoms with Crippen LogP contribution < -0.4 is 0 Å². The van der Waals surface area contributed by atoms with Crippen molar-refractivity contribution < 1.29 is 0 Å². The third-order valence-electron chi connectivity index (χ3n) is 2.99. The van der Waals surface area contributed by atoms with Gasteiger partial charge >= 0.3 is 0 Å². The third-order valence-corrected chi connectivity index (χ3v) is 2.99. The molecule has 0 aliphatic rings. The number of aromatic nitrogens is 3. The second-order valence-electron chi connectivity index (χ2n) is 4.39. The van der Waals surface area contributed by atoms with Crippen LogP contribution in [0.4, 0.5) is 0 Å². The van der Waals surface area contributed by atoms with Gasteiger partial charge in [0.2, 0.25) is 0 Å². The predicted molar refractivity (Wildman–Crippen MR) is 75.4 cm³/mol. The van der Waals surface area contributed by atoms with E-state index >= 15 is 0 Å². The predicted octanol–water partition coefficient (Wildman–Crippen LogP) is 3.51. The topological polar surface area (TPSA) is 38.7 Å². The van der Waals surface area contributed by atoms with Crippen molar-refractivity contribution in [3.63, 3.8) is 0 Å². The van der Waals surface area contributed by atoms with E-state index in [1.54, 1.807) is 0 Å². The molecule has 0 saturated carbocycles. The molecule has 0 unspecified atom stereocenters. The van der Waals surface area contributed by atoms with Gasteiger partial charge in [-0.25, -0.2) is 4.98 Å². The molecule has 0 aliphatic carbocycles. The summed E-state index contributed by atoms with van der Waals surface area (Å²) in [5.41, 5.74) is 4.98. The van der Waals surface area contributed by atoms with Crippen LogP contribution in [0, 0.1) is 6.92 Å². The summed E-state index contributed by atoms with van der Waals surface area (Å²) in [5.74, 6) is 0. The van der Waals surface area contributed by atoms with Gasteiger partial charge in [0.05, 0.1) is 0 Å². The Hall–Kier alpha value is -2.55. The van der Waals surface area contributed by atoms with Crippen molar-refractivity contribution in [1.29, 1.82) is 0 Å². The van der Waals surface area contributed by atoms with Crippen molar-refractivity contribution in [2.75, 3.05) is 0 Å². The largest absolute Gasteiger partial charge is 0.232 e. The van der Waals surface area contributed by atoms with Crippen molar-refractivity contribution >= 4 is 0 Å². The number of benzene rings is 2. The number of hydrogen-bond acceptors (Lipinski definition) is 3. The molecular weight excluding hydrogens is 234 g/mol. The van der Waals surface area contributed by atoms with Crippen LogP contribution in [0.5, 0.6) is 0 Å². The van der Waals surface area contributed by atoms with E-state index in [0.717, 1.165) is 22.5 Å². The fraction of sp³-hybridized carbons (Fsp3) is 0.0625. The highest BCUT2D eigenvalue weighted by atomic mass is 15.1. The van der Waals surface area contributed by atoms with E-state index < -0.39 is 0 Å². The number of hydrogen-bond donors (Lipinski definition) is 0. The van der Waals surface area contributed by atoms with Crippen LogP contribution in [-0.2, 0) is 0 Å². The van der Waals surface area contributed by atoms with Crippen molar-refractivity contribution in [2.45, 2.75) is 6.92 Å². The van der Waals surface area contributed by atoms with E-state index in [4.69, 9.17) is 0 Å². The molecule has 92 valence electrons. The molecular formula is C16H13N3. The summed E-state index contributed by atoms with van der Waals surface area (Å²) in [6.07, 6.45) is 1.49. The lowest BCUT2D eigenvalue weighted by Crippen LogP contribution is -1.95. The molecule has 3 aromatic rings. The second kappa shape index (κ2) is 4.98. The maximum Gasteiger partial charge on any atom is 0.138 e. The van der Waals surface area contributed by atoms with E-state index in [0.29, 0.717) is 0 Å². The second-order valence-corrected chi connectivity index (χ2v) is 4.39. The Morgan fingerprint density at radius 2 is 1.42 bits per heavy atom. The Morgan fingerprint density at radius 3 is 2.16 bits per heavy atom. The van der Waals surface area contributed by atoms with Crippen LogP contribution in [0.15, 0.2) is 60.9 Å². The number of aryl methyl sites for hydroxylation is 1. The van der Waals surface area contributed by atoms with Crippen LogP contribution in [0.2, 0.25) is 0 Å². The maximum atomic E-state index is 4.38. The summed E-state index contributed by atoms with van der Waals surface area (Å²) in [4.78, 5) is 4.38. The fourth-order valence-corrected chi connectivity index (χ4v) is 1.99. The van der Waals surface area contributed by atoms with Crippen molar-refractivity contribution in [1.82, 2.24) is 15.2 Å². The minimum absolute atomic E-state index is 0.812. The first kappa shape index (κ1) is 11.5. The van der Waals surface area contributed by atoms with Crippen molar-refractivity contribution in [3.05, 3.63) is 66.5 Å². The van der Waals surface area contributed by atoms with Crippen LogP contribution in [0.1, 0.15) is 5.56 Å². The van der Waals surface area contributed by atoms with Crippen LogP contribution in [0.3, 0.4) is 0 Å². The summed E-state index contributed by atoms with van der Waals surface area (Å²) >= 11 is 0. The molecule has 3 heteroatoms. The number of nitrogens with zero attached hydrogens (tertiary/aromatic N) is 3. The molecule has 0 bridgehead atoms. The van der Waals surface area contributed by atoms with E-state index in [1.165, 1.54) is 11.9 Å². The molecule has 1 heterocycles. The van der Waals surface area contributed by atoms with Gasteiger partial charge in [-0.2, -0.15) is 0 Å². The van der Waals surface area contributed by atoms with Crippen molar-refractivity contribution in [3.8, 4) is 22.5 Å². The Kier molecular flexibility index (Phi) is 3.02. The van der Waals surface area contributed by atoms with Crippen LogP contribution in [0.25, 0.3) is 22.5 Å². The van der Waals surface area contributed by atoms with E-state index in [1.807, 2.05) is 30.3 Å². The molecule has 3 nitrogen and oxygen atoms in total. The standard InChI is InChI=1S/C16H13N3/c1-12-7-9-14(10-8-12)15-16(19-18-11-17-15)13-5-3-2-4-6-13/h2-11H,1H3. The average Bonchev–Trinajstić information content (AvgIpc) is 2.49. The summed E-state index contributed by atoms with van der Waals surface area (Å²) in [7, 11) is 0. The summed E-state index contributed by atoms with van der Waals surface area (Å²) in [6, 6.07) is 18.3. The van der Waals surface area contributed by atoms with Gasteiger partial charge in [-0.3, -0.25) is 0 Å². The minimum Gasteiger partial charge on any atom is -0.232 e. The van der Waals surface area contributed by atoms with Gasteiger partial charge in [-0.15, -0.1) is 10.2 Å². The van der Waals surface area contributed by atoms with Crippen molar-refractivity contribution in [2.24, 2.45) is 0 Å². The lowest BCUT2D eigenvalue weighted by atomic mass is 10.0. The van der Waals surface area contributed by atoms with Gasteiger partial charge in [0.25, 0.3) is 0 Å². The van der Waals surface area contributed by atoms with Crippen LogP contribution in [-0.4, -0.2) is 15.2 Å². The van der Waals surface area contributed by atoms with Crippen LogP contribution >= 0.6 is 0 Å². The Balaban J connectivity index is 2.15. The fourth-order valence-electron chi connectivity index (χ4n) is 1.99. The van der Waals surface area contributed by atoms with E-state index in [-0.39, 0.29) is 0 Å². The van der Waals surface area contributed by atoms with Gasteiger partial charge < -0.3 is 0 Å². The van der Waals surface area contributed by atoms with E-state index in [9.17, 15) is 0 Å². The molecule has 0 spiro atoms. The Morgan fingerprint density at radius 1 is 0.737 bits per heavy atom. The molecule has 1 aromatic heterocycles. The first-order valence-electron chi connectivity index (χ1n) is 6.15. The first-order valence-corrected chi connectivity index (χ1v) is 6.15. The normalized spacial score (nSPS) is 10.4. The molecule has 0 saturated heterocycles. The molecule has 0 amide bonds. The zero-order valence-corrected chi connectivity index (χ0v) is 10.6. The molecule has 0 radical (unpaired) electrons. The SMILES string of the molecule is Cc1ccc(-c2ncnnc2-c2ccccc2)cc1. The van der Waals surface area contributed by atoms with Gasteiger partial charge in [-0.05, 0) is 6.92 Å². The summed E-state index contributed by atoms with van der Waals surface area (Å²) in [6.45, 7) is 2.07. The molecule has 19 heavy (non-hydrogen) atoms. The highest BCUT2D eigenvalue weighted by molar-refractivity contribution is 5.77. The van der Waals surface area contributed by atoms with Gasteiger partial charge in [0.15, 0.2) is 0 Å². The maximum absolute atomic E-state index is 4.38. The third kappa shape index (κ3) is 2.36. The quantitative estimate of drug-likeness (QED) is 0.695. The highest BCUT2D eigenvalue weighted by Gasteiger charge is 2.10. The van der Waals surface area contributed by atoms with Gasteiger partial charge in [0.1, 0.15) is 17.7 Å². The molecule has 0 N–H and O–H groups in total. The minimum atomic E-state index is 0.812. The average molecular weight is 247 g/mol. The highest BCUT2D eigenvalue weighted by Crippen LogP contribution is 2.27.